The lowest BCUT2D eigenvalue weighted by Gasteiger charge is -2.30. The van der Waals surface area contributed by atoms with Gasteiger partial charge in [0.1, 0.15) is 0 Å². The molecule has 0 radical (unpaired) electrons. The Labute approximate surface area is 220 Å². The fourth-order valence-electron chi connectivity index (χ4n) is 6.88. The second-order valence-corrected chi connectivity index (χ2v) is 11.1. The maximum Gasteiger partial charge on any atom is 0.0242 e. The molecule has 4 aromatic rings. The molecule has 0 bridgehead atoms. The van der Waals surface area contributed by atoms with Crippen LogP contribution in [-0.2, 0) is 13.1 Å². The summed E-state index contributed by atoms with van der Waals surface area (Å²) in [7, 11) is 0. The van der Waals surface area contributed by atoms with Crippen LogP contribution in [0.3, 0.4) is 0 Å². The van der Waals surface area contributed by atoms with Crippen LogP contribution in [0.5, 0.6) is 0 Å². The van der Waals surface area contributed by atoms with Crippen molar-refractivity contribution < 1.29 is 0 Å². The summed E-state index contributed by atoms with van der Waals surface area (Å²) in [5.41, 5.74) is 14.9. The van der Waals surface area contributed by atoms with Gasteiger partial charge in [-0.15, -0.1) is 0 Å². The first-order valence-corrected chi connectivity index (χ1v) is 14.2. The molecule has 2 nitrogen and oxygen atoms in total. The molecule has 0 saturated heterocycles. The monoisotopic (exact) mass is 484 g/mol. The molecule has 0 fully saturated rings. The van der Waals surface area contributed by atoms with Crippen molar-refractivity contribution in [3.8, 4) is 0 Å². The van der Waals surface area contributed by atoms with Gasteiger partial charge >= 0.3 is 0 Å². The summed E-state index contributed by atoms with van der Waals surface area (Å²) in [6.07, 6.45) is 0. The molecule has 0 spiro atoms. The molecule has 0 heterocycles. The van der Waals surface area contributed by atoms with Crippen LogP contribution >= 0.6 is 0 Å². The van der Waals surface area contributed by atoms with Gasteiger partial charge in [-0.1, -0.05) is 27.7 Å². The number of hydrogen-bond donors (Lipinski definition) is 0. The van der Waals surface area contributed by atoms with Crippen molar-refractivity contribution in [2.24, 2.45) is 0 Å². The van der Waals surface area contributed by atoms with E-state index in [1.807, 2.05) is 0 Å². The lowest BCUT2D eigenvalue weighted by atomic mass is 9.76. The minimum Gasteiger partial charge on any atom is -0.300 e. The van der Waals surface area contributed by atoms with Crippen molar-refractivity contribution >= 4 is 32.3 Å². The van der Waals surface area contributed by atoms with Gasteiger partial charge in [0.05, 0.1) is 0 Å². The van der Waals surface area contributed by atoms with E-state index in [-0.39, 0.29) is 0 Å². The van der Waals surface area contributed by atoms with E-state index in [1.54, 1.807) is 11.1 Å². The third-order valence-electron chi connectivity index (χ3n) is 9.81. The summed E-state index contributed by atoms with van der Waals surface area (Å²) in [4.78, 5) is 5.15. The average Bonchev–Trinajstić information content (AvgIpc) is 2.87. The Morgan fingerprint density at radius 2 is 0.583 bits per heavy atom. The molecule has 0 atom stereocenters. The Morgan fingerprint density at radius 1 is 0.333 bits per heavy atom. The van der Waals surface area contributed by atoms with Crippen molar-refractivity contribution in [3.63, 3.8) is 0 Å². The highest BCUT2D eigenvalue weighted by atomic mass is 15.1. The second kappa shape index (κ2) is 9.95. The van der Waals surface area contributed by atoms with Crippen LogP contribution in [0.2, 0.25) is 0 Å². The minimum absolute atomic E-state index is 1.02. The number of aryl methyl sites for hydroxylation is 6. The van der Waals surface area contributed by atoms with Gasteiger partial charge in [-0.25, -0.2) is 0 Å². The SMILES string of the molecule is CCN(CC)Cc1c(C)c(C)c2c(C)c(C)c3c(CN(CC)CC)c(C)c(C)c4c(C)c(C)c1c2c43. The molecule has 0 unspecified atom stereocenters. The fraction of sp³-hybridized carbons (Fsp3) is 0.529. The predicted octanol–water partition coefficient (Wildman–Crippen LogP) is 8.73. The van der Waals surface area contributed by atoms with Gasteiger partial charge in [-0.3, -0.25) is 9.80 Å². The molecule has 0 saturated carbocycles. The van der Waals surface area contributed by atoms with E-state index in [1.165, 1.54) is 76.8 Å². The Balaban J connectivity index is 2.33. The zero-order valence-electron chi connectivity index (χ0n) is 25.1. The van der Waals surface area contributed by atoms with E-state index >= 15 is 0 Å². The van der Waals surface area contributed by atoms with Gasteiger partial charge in [-0.05, 0) is 170 Å². The fourth-order valence-corrected chi connectivity index (χ4v) is 6.88. The number of hydrogen-bond acceptors (Lipinski definition) is 2. The summed E-state index contributed by atoms with van der Waals surface area (Å²) >= 11 is 0. The van der Waals surface area contributed by atoms with Crippen LogP contribution < -0.4 is 0 Å². The molecule has 0 aliphatic heterocycles. The highest BCUT2D eigenvalue weighted by Gasteiger charge is 2.27. The first-order valence-electron chi connectivity index (χ1n) is 14.2. The van der Waals surface area contributed by atoms with Gasteiger partial charge < -0.3 is 0 Å². The Kier molecular flexibility index (Phi) is 7.43. The molecule has 0 amide bonds. The molecule has 0 aliphatic rings. The molecule has 36 heavy (non-hydrogen) atoms. The van der Waals surface area contributed by atoms with E-state index in [4.69, 9.17) is 0 Å². The summed E-state index contributed by atoms with van der Waals surface area (Å²) < 4.78 is 0. The van der Waals surface area contributed by atoms with E-state index in [9.17, 15) is 0 Å². The van der Waals surface area contributed by atoms with E-state index < -0.39 is 0 Å². The Hall–Kier alpha value is -2.16. The first kappa shape index (κ1) is 26.9. The molecule has 194 valence electrons. The standard InChI is InChI=1S/C34H48N2/c1-13-35(14-2)17-27-19(5)21(7)29-24(10)26(12)32-28(18-36(15-3)16-4)20(6)22(8)30-23(9)25(11)31(27)33(29)34(30)32/h13-18H2,1-12H3. The topological polar surface area (TPSA) is 6.48 Å². The van der Waals surface area contributed by atoms with Gasteiger partial charge in [0, 0.05) is 13.1 Å². The van der Waals surface area contributed by atoms with Crippen LogP contribution in [0.4, 0.5) is 0 Å². The molecular formula is C34H48N2. The molecule has 0 aliphatic carbocycles. The lowest BCUT2D eigenvalue weighted by Crippen LogP contribution is -2.24. The van der Waals surface area contributed by atoms with Gasteiger partial charge in [-0.2, -0.15) is 0 Å². The van der Waals surface area contributed by atoms with Crippen LogP contribution in [-0.4, -0.2) is 36.0 Å². The third-order valence-corrected chi connectivity index (χ3v) is 9.81. The van der Waals surface area contributed by atoms with Gasteiger partial charge in [0.15, 0.2) is 0 Å². The van der Waals surface area contributed by atoms with Gasteiger partial charge in [0.25, 0.3) is 0 Å². The molecule has 0 N–H and O–H groups in total. The normalized spacial score (nSPS) is 12.5. The molecular weight excluding hydrogens is 436 g/mol. The van der Waals surface area contributed by atoms with Crippen LogP contribution in [0, 0.1) is 55.4 Å². The molecule has 4 aromatic carbocycles. The quantitative estimate of drug-likeness (QED) is 0.231. The second-order valence-electron chi connectivity index (χ2n) is 11.1. The van der Waals surface area contributed by atoms with Crippen molar-refractivity contribution in [1.29, 1.82) is 0 Å². The zero-order valence-corrected chi connectivity index (χ0v) is 25.1. The van der Waals surface area contributed by atoms with Crippen molar-refractivity contribution in [2.75, 3.05) is 26.2 Å². The summed E-state index contributed by atoms with van der Waals surface area (Å²) in [5.74, 6) is 0. The number of benzene rings is 4. The highest BCUT2D eigenvalue weighted by molar-refractivity contribution is 6.29. The van der Waals surface area contributed by atoms with E-state index in [0.717, 1.165) is 39.3 Å². The third kappa shape index (κ3) is 3.75. The maximum absolute atomic E-state index is 2.58. The van der Waals surface area contributed by atoms with Crippen LogP contribution in [0.15, 0.2) is 0 Å². The molecule has 2 heteroatoms. The lowest BCUT2D eigenvalue weighted by molar-refractivity contribution is 0.296. The Bertz CT molecular complexity index is 1340. The zero-order chi connectivity index (χ0) is 26.6. The van der Waals surface area contributed by atoms with Gasteiger partial charge in [0.2, 0.25) is 0 Å². The molecule has 4 rings (SSSR count). The maximum atomic E-state index is 2.58. The summed E-state index contributed by atoms with van der Waals surface area (Å²) in [6.45, 7) is 34.5. The smallest absolute Gasteiger partial charge is 0.0242 e. The number of nitrogens with zero attached hydrogens (tertiary/aromatic N) is 2. The average molecular weight is 485 g/mol. The molecule has 0 aromatic heterocycles. The Morgan fingerprint density at radius 3 is 0.861 bits per heavy atom. The van der Waals surface area contributed by atoms with Crippen LogP contribution in [0.1, 0.15) is 83.3 Å². The van der Waals surface area contributed by atoms with Crippen molar-refractivity contribution in [1.82, 2.24) is 9.80 Å². The minimum atomic E-state index is 1.02. The predicted molar refractivity (Wildman–Crippen MR) is 161 cm³/mol. The number of rotatable bonds is 8. The summed E-state index contributed by atoms with van der Waals surface area (Å²) in [5, 5.41) is 9.10. The van der Waals surface area contributed by atoms with E-state index in [2.05, 4.69) is 92.9 Å². The van der Waals surface area contributed by atoms with Crippen molar-refractivity contribution in [3.05, 3.63) is 55.6 Å². The summed E-state index contributed by atoms with van der Waals surface area (Å²) in [6, 6.07) is 0. The largest absolute Gasteiger partial charge is 0.300 e. The first-order chi connectivity index (χ1) is 17.0. The van der Waals surface area contributed by atoms with Crippen molar-refractivity contribution in [2.45, 2.75) is 96.2 Å². The highest BCUT2D eigenvalue weighted by Crippen LogP contribution is 2.48. The van der Waals surface area contributed by atoms with E-state index in [0.29, 0.717) is 0 Å². The van der Waals surface area contributed by atoms with Crippen LogP contribution in [0.25, 0.3) is 32.3 Å².